The lowest BCUT2D eigenvalue weighted by Gasteiger charge is -2.37. The molecule has 2 fully saturated rings. The van der Waals surface area contributed by atoms with Gasteiger partial charge in [-0.2, -0.15) is 0 Å². The van der Waals surface area contributed by atoms with Gasteiger partial charge in [0.05, 0.1) is 24.0 Å². The van der Waals surface area contributed by atoms with Gasteiger partial charge in [-0.1, -0.05) is 42.5 Å². The largest absolute Gasteiger partial charge is 0.432 e. The van der Waals surface area contributed by atoms with Crippen molar-refractivity contribution >= 4 is 31.5 Å². The van der Waals surface area contributed by atoms with Crippen molar-refractivity contribution in [1.82, 2.24) is 15.0 Å². The summed E-state index contributed by atoms with van der Waals surface area (Å²) in [6.07, 6.45) is -6.48. The van der Waals surface area contributed by atoms with Crippen LogP contribution < -0.4 is 10.2 Å². The minimum atomic E-state index is -2.86. The van der Waals surface area contributed by atoms with Crippen LogP contribution in [0.1, 0.15) is 30.2 Å². The van der Waals surface area contributed by atoms with E-state index in [4.69, 9.17) is 9.47 Å². The van der Waals surface area contributed by atoms with Gasteiger partial charge in [-0.15, -0.1) is 5.10 Å². The standard InChI is InChI=1S/C33H43N5O10Si/c1-18-29(49(2,3)46)24(12-14-37-17-21(13-15-39)35-36-37)48-33(18)22-6-4-5-7-23(22)38(32(33)45)16-19-8-10-20(11-9-19)34-30(43)28-26(41)25(40)27(42)31(44)47-28/h4-11,17-18,24-29,31,39-42,44,46H,12-16H2,1-3H3,(H,34,43)/t18-,24+,25+,26+,27-,28+,29-,31-,33+/m1/s1. The van der Waals surface area contributed by atoms with Crippen molar-refractivity contribution < 1.29 is 49.4 Å². The van der Waals surface area contributed by atoms with E-state index in [0.717, 1.165) is 11.1 Å². The van der Waals surface area contributed by atoms with Crippen molar-refractivity contribution in [3.63, 3.8) is 0 Å². The molecule has 7 N–H and O–H groups in total. The molecule has 49 heavy (non-hydrogen) atoms. The molecule has 1 spiro atoms. The molecule has 16 heteroatoms. The topological polar surface area (TPSA) is 220 Å². The Morgan fingerprint density at radius 2 is 1.76 bits per heavy atom. The number of ether oxygens (including phenoxy) is 2. The van der Waals surface area contributed by atoms with Gasteiger partial charge in [0.2, 0.25) is 0 Å². The Balaban J connectivity index is 1.20. The molecule has 6 rings (SSSR count). The number of nitrogens with one attached hydrogen (secondary N) is 1. The number of rotatable bonds is 10. The number of amides is 2. The van der Waals surface area contributed by atoms with Crippen LogP contribution in [0, 0.1) is 5.92 Å². The Bertz CT molecular complexity index is 1670. The number of carbonyl (C=O) groups is 2. The molecular formula is C33H43N5O10Si. The van der Waals surface area contributed by atoms with Crippen LogP contribution in [-0.2, 0) is 44.2 Å². The van der Waals surface area contributed by atoms with Gasteiger partial charge in [0, 0.05) is 48.5 Å². The number of aromatic nitrogens is 3. The number of anilines is 2. The number of aliphatic hydroxyl groups is 5. The lowest BCUT2D eigenvalue weighted by atomic mass is 9.82. The second-order valence-corrected chi connectivity index (χ2v) is 17.6. The van der Waals surface area contributed by atoms with Crippen molar-refractivity contribution in [2.75, 3.05) is 16.8 Å². The second-order valence-electron chi connectivity index (χ2n) is 13.6. The van der Waals surface area contributed by atoms with Crippen LogP contribution in [0.4, 0.5) is 11.4 Å². The van der Waals surface area contributed by atoms with E-state index in [1.807, 2.05) is 44.3 Å². The highest BCUT2D eigenvalue weighted by Crippen LogP contribution is 2.59. The normalized spacial score (nSPS) is 31.4. The predicted octanol–water partition coefficient (Wildman–Crippen LogP) is -0.0138. The van der Waals surface area contributed by atoms with Crippen LogP contribution in [-0.4, -0.2) is 109 Å². The third-order valence-electron chi connectivity index (χ3n) is 9.90. The van der Waals surface area contributed by atoms with Crippen molar-refractivity contribution in [3.8, 4) is 0 Å². The van der Waals surface area contributed by atoms with Gasteiger partial charge in [0.15, 0.2) is 26.3 Å². The Labute approximate surface area is 283 Å². The quantitative estimate of drug-likeness (QED) is 0.139. The second kappa shape index (κ2) is 13.6. The fourth-order valence-corrected chi connectivity index (χ4v) is 10.2. The van der Waals surface area contributed by atoms with Crippen LogP contribution in [0.2, 0.25) is 18.6 Å². The Hall–Kier alpha value is -3.58. The number of hydrogen-bond acceptors (Lipinski definition) is 12. The highest BCUT2D eigenvalue weighted by molar-refractivity contribution is 6.71. The first kappa shape index (κ1) is 35.3. The maximum Gasteiger partial charge on any atom is 0.264 e. The van der Waals surface area contributed by atoms with E-state index in [9.17, 15) is 39.9 Å². The summed E-state index contributed by atoms with van der Waals surface area (Å²) in [4.78, 5) is 40.6. The molecular weight excluding hydrogens is 654 g/mol. The predicted molar refractivity (Wildman–Crippen MR) is 176 cm³/mol. The minimum Gasteiger partial charge on any atom is -0.432 e. The number of benzene rings is 2. The number of aliphatic hydroxyl groups excluding tert-OH is 5. The molecule has 9 atom stereocenters. The number of para-hydroxylation sites is 1. The maximum absolute atomic E-state index is 14.6. The zero-order valence-electron chi connectivity index (χ0n) is 27.5. The van der Waals surface area contributed by atoms with Crippen LogP contribution >= 0.6 is 0 Å². The molecule has 15 nitrogen and oxygen atoms in total. The third-order valence-corrected chi connectivity index (χ3v) is 12.4. The van der Waals surface area contributed by atoms with E-state index in [0.29, 0.717) is 36.5 Å². The summed E-state index contributed by atoms with van der Waals surface area (Å²) in [5.41, 5.74) is 1.66. The molecule has 2 saturated heterocycles. The van der Waals surface area contributed by atoms with Gasteiger partial charge in [-0.25, -0.2) is 0 Å². The summed E-state index contributed by atoms with van der Waals surface area (Å²) in [7, 11) is -2.86. The van der Waals surface area contributed by atoms with Crippen molar-refractivity contribution in [1.29, 1.82) is 0 Å². The van der Waals surface area contributed by atoms with Gasteiger partial charge in [0.25, 0.3) is 11.8 Å². The molecule has 3 aromatic rings. The van der Waals surface area contributed by atoms with E-state index in [1.165, 1.54) is 0 Å². The molecule has 1 aromatic heterocycles. The lowest BCUT2D eigenvalue weighted by molar-refractivity contribution is -0.274. The average Bonchev–Trinajstić information content (AvgIpc) is 3.71. The van der Waals surface area contributed by atoms with Gasteiger partial charge in [-0.3, -0.25) is 14.3 Å². The summed E-state index contributed by atoms with van der Waals surface area (Å²) in [5.74, 6) is -1.38. The number of hydrogen-bond donors (Lipinski definition) is 7. The molecule has 0 radical (unpaired) electrons. The van der Waals surface area contributed by atoms with Gasteiger partial charge < -0.3 is 50.0 Å². The minimum absolute atomic E-state index is 0.0274. The van der Waals surface area contributed by atoms with Crippen molar-refractivity contribution in [3.05, 3.63) is 71.5 Å². The third kappa shape index (κ3) is 6.44. The fourth-order valence-electron chi connectivity index (χ4n) is 7.56. The number of fused-ring (bicyclic) bond motifs is 2. The van der Waals surface area contributed by atoms with E-state index in [1.54, 1.807) is 40.0 Å². The van der Waals surface area contributed by atoms with Crippen LogP contribution in [0.25, 0.3) is 0 Å². The molecule has 4 heterocycles. The number of nitrogens with zero attached hydrogens (tertiary/aromatic N) is 4. The molecule has 0 aliphatic carbocycles. The molecule has 0 saturated carbocycles. The SMILES string of the molecule is C[C@@H]1[C@@H]([Si](C)(C)O)[C@H](CCn2cc(CCO)nn2)O[C@@]12C(=O)N(Cc1ccc(NC(=O)[C@H]3O[C@@H](O)[C@H](O)[C@@H](O)[C@@H]3O)cc1)c1ccccc12. The molecule has 2 aromatic carbocycles. The van der Waals surface area contributed by atoms with Gasteiger partial charge >= 0.3 is 0 Å². The Kier molecular flexibility index (Phi) is 9.80. The Morgan fingerprint density at radius 1 is 1.04 bits per heavy atom. The maximum atomic E-state index is 14.6. The van der Waals surface area contributed by atoms with E-state index < -0.39 is 56.6 Å². The first-order valence-corrected chi connectivity index (χ1v) is 19.4. The molecule has 2 amide bonds. The first-order valence-electron chi connectivity index (χ1n) is 16.3. The number of aryl methyl sites for hydroxylation is 1. The average molecular weight is 698 g/mol. The molecule has 0 unspecified atom stereocenters. The fraction of sp³-hybridized carbons (Fsp3) is 0.515. The van der Waals surface area contributed by atoms with E-state index in [2.05, 4.69) is 15.6 Å². The van der Waals surface area contributed by atoms with Gasteiger partial charge in [0.1, 0.15) is 18.3 Å². The zero-order chi connectivity index (χ0) is 35.2. The lowest BCUT2D eigenvalue weighted by Crippen LogP contribution is -2.60. The van der Waals surface area contributed by atoms with Gasteiger partial charge in [-0.05, 0) is 43.3 Å². The first-order chi connectivity index (χ1) is 23.3. The summed E-state index contributed by atoms with van der Waals surface area (Å²) >= 11 is 0. The summed E-state index contributed by atoms with van der Waals surface area (Å²) in [6, 6.07) is 14.2. The van der Waals surface area contributed by atoms with Crippen LogP contribution in [0.15, 0.2) is 54.7 Å². The summed E-state index contributed by atoms with van der Waals surface area (Å²) in [5, 5.41) is 59.7. The molecule has 3 aliphatic rings. The van der Waals surface area contributed by atoms with Crippen molar-refractivity contribution in [2.24, 2.45) is 5.92 Å². The number of carbonyl (C=O) groups excluding carboxylic acids is 2. The van der Waals surface area contributed by atoms with Crippen LogP contribution in [0.3, 0.4) is 0 Å². The van der Waals surface area contributed by atoms with E-state index >= 15 is 0 Å². The molecule has 264 valence electrons. The van der Waals surface area contributed by atoms with E-state index in [-0.39, 0.29) is 30.5 Å². The molecule has 3 aliphatic heterocycles. The van der Waals surface area contributed by atoms with Crippen molar-refractivity contribution in [2.45, 2.75) is 93.9 Å². The van der Waals surface area contributed by atoms with Crippen LogP contribution in [0.5, 0.6) is 0 Å². The monoisotopic (exact) mass is 697 g/mol. The Morgan fingerprint density at radius 3 is 2.45 bits per heavy atom. The zero-order valence-corrected chi connectivity index (χ0v) is 28.5. The summed E-state index contributed by atoms with van der Waals surface area (Å²) < 4.78 is 13.5. The highest BCUT2D eigenvalue weighted by atomic mass is 28.4. The molecule has 0 bridgehead atoms. The highest BCUT2D eigenvalue weighted by Gasteiger charge is 2.66. The smallest absolute Gasteiger partial charge is 0.264 e. The summed E-state index contributed by atoms with van der Waals surface area (Å²) in [6.45, 7) is 6.36.